The zero-order valence-electron chi connectivity index (χ0n) is 14.1. The van der Waals surface area contributed by atoms with Crippen LogP contribution in [0.4, 0.5) is 4.39 Å². The third kappa shape index (κ3) is 3.49. The molecule has 0 spiro atoms. The minimum absolute atomic E-state index is 0.216. The summed E-state index contributed by atoms with van der Waals surface area (Å²) in [4.78, 5) is 0. The SMILES string of the molecule is Cc1ccc(C2(C#N)CCC(NCc3ccccc3)CC2)cc1F. The minimum atomic E-state index is -0.542. The van der Waals surface area contributed by atoms with Crippen LogP contribution < -0.4 is 5.32 Å². The van der Waals surface area contributed by atoms with Gasteiger partial charge in [-0.25, -0.2) is 4.39 Å². The second-order valence-electron chi connectivity index (χ2n) is 6.80. The first-order valence-electron chi connectivity index (χ1n) is 8.58. The molecule has 0 saturated heterocycles. The number of hydrogen-bond donors (Lipinski definition) is 1. The van der Waals surface area contributed by atoms with Crippen LogP contribution in [0.3, 0.4) is 0 Å². The van der Waals surface area contributed by atoms with E-state index in [1.807, 2.05) is 24.3 Å². The van der Waals surface area contributed by atoms with Crippen LogP contribution in [0.1, 0.15) is 42.4 Å². The lowest BCUT2D eigenvalue weighted by Crippen LogP contribution is -2.39. The fourth-order valence-corrected chi connectivity index (χ4v) is 3.53. The van der Waals surface area contributed by atoms with Crippen molar-refractivity contribution in [2.45, 2.75) is 50.6 Å². The largest absolute Gasteiger partial charge is 0.310 e. The predicted octanol–water partition coefficient (Wildman–Crippen LogP) is 4.63. The molecule has 0 atom stereocenters. The van der Waals surface area contributed by atoms with E-state index in [4.69, 9.17) is 0 Å². The Balaban J connectivity index is 1.63. The van der Waals surface area contributed by atoms with Gasteiger partial charge in [-0.05, 0) is 55.4 Å². The van der Waals surface area contributed by atoms with Crippen molar-refractivity contribution >= 4 is 0 Å². The minimum Gasteiger partial charge on any atom is -0.310 e. The summed E-state index contributed by atoms with van der Waals surface area (Å²) in [5.74, 6) is -0.216. The van der Waals surface area contributed by atoms with E-state index in [2.05, 4.69) is 23.5 Å². The number of hydrogen-bond acceptors (Lipinski definition) is 2. The standard InChI is InChI=1S/C21H23FN2/c1-16-7-8-18(13-20(16)22)21(15-23)11-9-19(10-12-21)24-14-17-5-3-2-4-6-17/h2-8,13,19,24H,9-12,14H2,1H3. The molecule has 3 heteroatoms. The van der Waals surface area contributed by atoms with Crippen molar-refractivity contribution in [3.05, 3.63) is 71.0 Å². The number of nitrogens with zero attached hydrogens (tertiary/aromatic N) is 1. The molecule has 0 aromatic heterocycles. The third-order valence-electron chi connectivity index (χ3n) is 5.22. The normalized spacial score (nSPS) is 23.6. The average molecular weight is 322 g/mol. The molecule has 2 aromatic rings. The van der Waals surface area contributed by atoms with Crippen molar-refractivity contribution < 1.29 is 4.39 Å². The van der Waals surface area contributed by atoms with Gasteiger partial charge in [0.15, 0.2) is 0 Å². The second kappa shape index (κ2) is 7.15. The van der Waals surface area contributed by atoms with E-state index >= 15 is 0 Å². The summed E-state index contributed by atoms with van der Waals surface area (Å²) in [6, 6.07) is 18.5. The van der Waals surface area contributed by atoms with Gasteiger partial charge in [0.05, 0.1) is 11.5 Å². The molecule has 1 N–H and O–H groups in total. The van der Waals surface area contributed by atoms with Gasteiger partial charge in [0, 0.05) is 12.6 Å². The lowest BCUT2D eigenvalue weighted by atomic mass is 9.69. The van der Waals surface area contributed by atoms with Gasteiger partial charge in [-0.15, -0.1) is 0 Å². The summed E-state index contributed by atoms with van der Waals surface area (Å²) in [5.41, 5.74) is 2.19. The molecule has 1 aliphatic rings. The first-order chi connectivity index (χ1) is 11.6. The van der Waals surface area contributed by atoms with Gasteiger partial charge in [-0.3, -0.25) is 0 Å². The van der Waals surface area contributed by atoms with Crippen molar-refractivity contribution in [1.82, 2.24) is 5.32 Å². The number of nitriles is 1. The van der Waals surface area contributed by atoms with Crippen LogP contribution in [0, 0.1) is 24.1 Å². The Morgan fingerprint density at radius 3 is 2.50 bits per heavy atom. The summed E-state index contributed by atoms with van der Waals surface area (Å²) < 4.78 is 13.9. The Kier molecular flexibility index (Phi) is 4.97. The molecular weight excluding hydrogens is 299 g/mol. The molecule has 0 amide bonds. The lowest BCUT2D eigenvalue weighted by molar-refractivity contribution is 0.294. The Labute approximate surface area is 143 Å². The molecule has 0 heterocycles. The van der Waals surface area contributed by atoms with Crippen LogP contribution in [-0.2, 0) is 12.0 Å². The molecule has 0 bridgehead atoms. The highest BCUT2D eigenvalue weighted by molar-refractivity contribution is 5.36. The highest BCUT2D eigenvalue weighted by Crippen LogP contribution is 2.39. The summed E-state index contributed by atoms with van der Waals surface area (Å²) in [6.45, 7) is 2.60. The molecular formula is C21H23FN2. The van der Waals surface area contributed by atoms with Crippen LogP contribution in [-0.4, -0.2) is 6.04 Å². The van der Waals surface area contributed by atoms with Crippen LogP contribution >= 0.6 is 0 Å². The molecule has 2 aromatic carbocycles. The lowest BCUT2D eigenvalue weighted by Gasteiger charge is -2.36. The summed E-state index contributed by atoms with van der Waals surface area (Å²) in [7, 11) is 0. The summed E-state index contributed by atoms with van der Waals surface area (Å²) in [6.07, 6.45) is 3.43. The molecule has 1 fully saturated rings. The van der Waals surface area contributed by atoms with Gasteiger partial charge in [0.25, 0.3) is 0 Å². The molecule has 2 nitrogen and oxygen atoms in total. The van der Waals surface area contributed by atoms with E-state index in [0.29, 0.717) is 11.6 Å². The predicted molar refractivity (Wildman–Crippen MR) is 94.0 cm³/mol. The number of benzene rings is 2. The zero-order valence-corrected chi connectivity index (χ0v) is 14.1. The zero-order chi connectivity index (χ0) is 17.0. The maximum atomic E-state index is 13.9. The maximum absolute atomic E-state index is 13.9. The van der Waals surface area contributed by atoms with E-state index in [9.17, 15) is 9.65 Å². The van der Waals surface area contributed by atoms with Gasteiger partial charge >= 0.3 is 0 Å². The highest BCUT2D eigenvalue weighted by Gasteiger charge is 2.37. The fourth-order valence-electron chi connectivity index (χ4n) is 3.53. The van der Waals surface area contributed by atoms with Crippen LogP contribution in [0.5, 0.6) is 0 Å². The number of aryl methyl sites for hydroxylation is 1. The van der Waals surface area contributed by atoms with E-state index in [-0.39, 0.29) is 5.82 Å². The molecule has 3 rings (SSSR count). The smallest absolute Gasteiger partial charge is 0.126 e. The number of rotatable bonds is 4. The molecule has 0 radical (unpaired) electrons. The van der Waals surface area contributed by atoms with Gasteiger partial charge in [0.1, 0.15) is 5.82 Å². The quantitative estimate of drug-likeness (QED) is 0.891. The van der Waals surface area contributed by atoms with Crippen molar-refractivity contribution in [3.8, 4) is 6.07 Å². The molecule has 24 heavy (non-hydrogen) atoms. The van der Waals surface area contributed by atoms with Crippen molar-refractivity contribution in [2.24, 2.45) is 0 Å². The fraction of sp³-hybridized carbons (Fsp3) is 0.381. The van der Waals surface area contributed by atoms with E-state index < -0.39 is 5.41 Å². The second-order valence-corrected chi connectivity index (χ2v) is 6.80. The summed E-state index contributed by atoms with van der Waals surface area (Å²) >= 11 is 0. The van der Waals surface area contributed by atoms with E-state index in [1.54, 1.807) is 19.1 Å². The third-order valence-corrected chi connectivity index (χ3v) is 5.22. The molecule has 1 saturated carbocycles. The first-order valence-corrected chi connectivity index (χ1v) is 8.58. The van der Waals surface area contributed by atoms with Gasteiger partial charge in [-0.2, -0.15) is 5.26 Å². The molecule has 0 aliphatic heterocycles. The Hall–Kier alpha value is -2.18. The molecule has 0 unspecified atom stereocenters. The Morgan fingerprint density at radius 1 is 1.17 bits per heavy atom. The van der Waals surface area contributed by atoms with Crippen molar-refractivity contribution in [1.29, 1.82) is 5.26 Å². The Morgan fingerprint density at radius 2 is 1.88 bits per heavy atom. The van der Waals surface area contributed by atoms with Gasteiger partial charge < -0.3 is 5.32 Å². The highest BCUT2D eigenvalue weighted by atomic mass is 19.1. The Bertz CT molecular complexity index is 725. The van der Waals surface area contributed by atoms with Crippen molar-refractivity contribution in [2.75, 3.05) is 0 Å². The first kappa shape index (κ1) is 16.7. The van der Waals surface area contributed by atoms with Crippen LogP contribution in [0.2, 0.25) is 0 Å². The van der Waals surface area contributed by atoms with Gasteiger partial charge in [-0.1, -0.05) is 42.5 Å². The van der Waals surface area contributed by atoms with Crippen LogP contribution in [0.25, 0.3) is 0 Å². The van der Waals surface area contributed by atoms with Crippen molar-refractivity contribution in [3.63, 3.8) is 0 Å². The number of halogens is 1. The average Bonchev–Trinajstić information content (AvgIpc) is 2.63. The topological polar surface area (TPSA) is 35.8 Å². The van der Waals surface area contributed by atoms with E-state index in [0.717, 1.165) is 37.8 Å². The van der Waals surface area contributed by atoms with Crippen LogP contribution in [0.15, 0.2) is 48.5 Å². The maximum Gasteiger partial charge on any atom is 0.126 e. The number of nitrogens with one attached hydrogen (secondary N) is 1. The monoisotopic (exact) mass is 322 g/mol. The van der Waals surface area contributed by atoms with E-state index in [1.165, 1.54) is 5.56 Å². The van der Waals surface area contributed by atoms with Gasteiger partial charge in [0.2, 0.25) is 0 Å². The molecule has 124 valence electrons. The molecule has 1 aliphatic carbocycles. The summed E-state index contributed by atoms with van der Waals surface area (Å²) in [5, 5.41) is 13.3.